The molecule has 1 aromatic carbocycles. The van der Waals surface area contributed by atoms with Crippen molar-refractivity contribution in [2.45, 2.75) is 64.1 Å². The van der Waals surface area contributed by atoms with Crippen molar-refractivity contribution < 1.29 is 19.0 Å². The second-order valence-corrected chi connectivity index (χ2v) is 7.70. The van der Waals surface area contributed by atoms with Crippen LogP contribution >= 0.6 is 0 Å². The van der Waals surface area contributed by atoms with Crippen molar-refractivity contribution in [2.75, 3.05) is 6.61 Å². The lowest BCUT2D eigenvalue weighted by Crippen LogP contribution is -2.45. The number of nitrogens with one attached hydrogen (secondary N) is 1. The Kier molecular flexibility index (Phi) is 5.11. The number of carbonyl (C=O) groups excluding carboxylic acids is 1. The number of carbonyl (C=O) groups is 1. The van der Waals surface area contributed by atoms with Gasteiger partial charge in [0.1, 0.15) is 5.60 Å². The van der Waals surface area contributed by atoms with Gasteiger partial charge in [-0.2, -0.15) is 0 Å². The van der Waals surface area contributed by atoms with Crippen LogP contribution in [0.1, 0.15) is 39.2 Å². The SMILES string of the molecule is CC(C)(C)OC(=O)NC1CC2OC1CC2COCc1ccccc1. The molecule has 1 aromatic rings. The summed E-state index contributed by atoms with van der Waals surface area (Å²) in [5.74, 6) is 0.412. The molecule has 0 spiro atoms. The number of hydrogen-bond donors (Lipinski definition) is 1. The summed E-state index contributed by atoms with van der Waals surface area (Å²) in [5.41, 5.74) is 0.710. The van der Waals surface area contributed by atoms with E-state index in [9.17, 15) is 4.79 Å². The zero-order valence-electron chi connectivity index (χ0n) is 14.7. The summed E-state index contributed by atoms with van der Waals surface area (Å²) in [5, 5.41) is 2.94. The Morgan fingerprint density at radius 1 is 1.21 bits per heavy atom. The zero-order chi connectivity index (χ0) is 17.2. The molecule has 2 aliphatic heterocycles. The molecule has 5 nitrogen and oxygen atoms in total. The third kappa shape index (κ3) is 4.48. The fourth-order valence-electron chi connectivity index (χ4n) is 3.44. The summed E-state index contributed by atoms with van der Waals surface area (Å²) in [6.45, 7) is 6.93. The first kappa shape index (κ1) is 17.2. The summed E-state index contributed by atoms with van der Waals surface area (Å²) < 4.78 is 17.1. The normalized spacial score (nSPS) is 28.8. The molecular formula is C19H27NO4. The Morgan fingerprint density at radius 2 is 1.96 bits per heavy atom. The van der Waals surface area contributed by atoms with Crippen molar-refractivity contribution in [3.05, 3.63) is 35.9 Å². The molecule has 2 saturated heterocycles. The second kappa shape index (κ2) is 7.11. The van der Waals surface area contributed by atoms with Crippen LogP contribution in [0.25, 0.3) is 0 Å². The van der Waals surface area contributed by atoms with Crippen molar-refractivity contribution in [2.24, 2.45) is 5.92 Å². The lowest BCUT2D eigenvalue weighted by Gasteiger charge is -2.27. The average molecular weight is 333 g/mol. The lowest BCUT2D eigenvalue weighted by atomic mass is 9.86. The van der Waals surface area contributed by atoms with Gasteiger partial charge < -0.3 is 19.5 Å². The van der Waals surface area contributed by atoms with E-state index in [1.54, 1.807) is 0 Å². The lowest BCUT2D eigenvalue weighted by molar-refractivity contribution is 0.0433. The van der Waals surface area contributed by atoms with Gasteiger partial charge in [-0.25, -0.2) is 4.79 Å². The number of amides is 1. The first-order chi connectivity index (χ1) is 11.4. The van der Waals surface area contributed by atoms with E-state index in [1.165, 1.54) is 5.56 Å². The van der Waals surface area contributed by atoms with Crippen LogP contribution in [0.3, 0.4) is 0 Å². The Hall–Kier alpha value is -1.59. The molecule has 2 fully saturated rings. The number of ether oxygens (including phenoxy) is 3. The standard InChI is InChI=1S/C19H27NO4/c1-19(2,3)24-18(21)20-15-10-16-14(9-17(15)23-16)12-22-11-13-7-5-4-6-8-13/h4-8,14-17H,9-12H2,1-3H3,(H,20,21). The maximum atomic E-state index is 11.9. The van der Waals surface area contributed by atoms with Crippen LogP contribution in [0.15, 0.2) is 30.3 Å². The molecule has 2 heterocycles. The van der Waals surface area contributed by atoms with Crippen LogP contribution in [-0.4, -0.2) is 36.6 Å². The Labute approximate surface area is 143 Å². The van der Waals surface area contributed by atoms with E-state index in [-0.39, 0.29) is 24.3 Å². The van der Waals surface area contributed by atoms with Gasteiger partial charge in [0, 0.05) is 5.92 Å². The molecule has 1 N–H and O–H groups in total. The smallest absolute Gasteiger partial charge is 0.407 e. The van der Waals surface area contributed by atoms with E-state index in [1.807, 2.05) is 39.0 Å². The molecule has 4 atom stereocenters. The molecular weight excluding hydrogens is 306 g/mol. The van der Waals surface area contributed by atoms with Gasteiger partial charge in [-0.1, -0.05) is 30.3 Å². The predicted octanol–water partition coefficient (Wildman–Crippen LogP) is 3.27. The molecule has 0 aromatic heterocycles. The molecule has 24 heavy (non-hydrogen) atoms. The van der Waals surface area contributed by atoms with E-state index in [0.717, 1.165) is 12.8 Å². The van der Waals surface area contributed by atoms with E-state index in [2.05, 4.69) is 17.4 Å². The molecule has 2 bridgehead atoms. The first-order valence-electron chi connectivity index (χ1n) is 8.67. The van der Waals surface area contributed by atoms with Gasteiger partial charge >= 0.3 is 6.09 Å². The Morgan fingerprint density at radius 3 is 2.58 bits per heavy atom. The monoisotopic (exact) mass is 333 g/mol. The maximum Gasteiger partial charge on any atom is 0.407 e. The molecule has 0 radical (unpaired) electrons. The third-order valence-electron chi connectivity index (χ3n) is 4.49. The molecule has 3 rings (SSSR count). The minimum atomic E-state index is -0.476. The van der Waals surface area contributed by atoms with Crippen molar-refractivity contribution >= 4 is 6.09 Å². The summed E-state index contributed by atoms with van der Waals surface area (Å²) >= 11 is 0. The number of hydrogen-bond acceptors (Lipinski definition) is 4. The van der Waals surface area contributed by atoms with Crippen molar-refractivity contribution in [3.8, 4) is 0 Å². The van der Waals surface area contributed by atoms with Crippen LogP contribution in [-0.2, 0) is 20.8 Å². The summed E-state index contributed by atoms with van der Waals surface area (Å²) in [6, 6.07) is 10.2. The quantitative estimate of drug-likeness (QED) is 0.898. The van der Waals surface area contributed by atoms with Crippen LogP contribution in [0.2, 0.25) is 0 Å². The van der Waals surface area contributed by atoms with Crippen LogP contribution in [0, 0.1) is 5.92 Å². The van der Waals surface area contributed by atoms with Crippen LogP contribution in [0.4, 0.5) is 4.79 Å². The van der Waals surface area contributed by atoms with Crippen molar-refractivity contribution in [3.63, 3.8) is 0 Å². The van der Waals surface area contributed by atoms with Gasteiger partial charge in [0.15, 0.2) is 0 Å². The number of benzene rings is 1. The highest BCUT2D eigenvalue weighted by Gasteiger charge is 2.47. The highest BCUT2D eigenvalue weighted by Crippen LogP contribution is 2.39. The second-order valence-electron chi connectivity index (χ2n) is 7.70. The maximum absolute atomic E-state index is 11.9. The number of alkyl carbamates (subject to hydrolysis) is 1. The molecule has 4 unspecified atom stereocenters. The van der Waals surface area contributed by atoms with Crippen molar-refractivity contribution in [1.82, 2.24) is 5.32 Å². The largest absolute Gasteiger partial charge is 0.444 e. The highest BCUT2D eigenvalue weighted by atomic mass is 16.6. The molecule has 0 aliphatic carbocycles. The fraction of sp³-hybridized carbons (Fsp3) is 0.632. The van der Waals surface area contributed by atoms with E-state index in [4.69, 9.17) is 14.2 Å². The van der Waals surface area contributed by atoms with Gasteiger partial charge in [-0.15, -0.1) is 0 Å². The average Bonchev–Trinajstić information content (AvgIpc) is 3.06. The third-order valence-corrected chi connectivity index (χ3v) is 4.49. The molecule has 0 saturated carbocycles. The molecule has 2 aliphatic rings. The Balaban J connectivity index is 1.40. The highest BCUT2D eigenvalue weighted by molar-refractivity contribution is 5.68. The van der Waals surface area contributed by atoms with E-state index in [0.29, 0.717) is 19.1 Å². The van der Waals surface area contributed by atoms with Crippen LogP contribution < -0.4 is 5.32 Å². The van der Waals surface area contributed by atoms with Crippen molar-refractivity contribution in [1.29, 1.82) is 0 Å². The van der Waals surface area contributed by atoms with Crippen LogP contribution in [0.5, 0.6) is 0 Å². The van der Waals surface area contributed by atoms with Gasteiger partial charge in [0.25, 0.3) is 0 Å². The first-order valence-corrected chi connectivity index (χ1v) is 8.67. The summed E-state index contributed by atoms with van der Waals surface area (Å²) in [4.78, 5) is 11.9. The van der Waals surface area contributed by atoms with E-state index >= 15 is 0 Å². The topological polar surface area (TPSA) is 56.8 Å². The summed E-state index contributed by atoms with van der Waals surface area (Å²) in [7, 11) is 0. The van der Waals surface area contributed by atoms with Gasteiger partial charge in [-0.05, 0) is 39.2 Å². The summed E-state index contributed by atoms with van der Waals surface area (Å²) in [6.07, 6.45) is 1.66. The zero-order valence-corrected chi connectivity index (χ0v) is 14.7. The fourth-order valence-corrected chi connectivity index (χ4v) is 3.44. The molecule has 5 heteroatoms. The number of rotatable bonds is 5. The molecule has 132 valence electrons. The predicted molar refractivity (Wildman–Crippen MR) is 90.6 cm³/mol. The minimum Gasteiger partial charge on any atom is -0.444 e. The number of fused-ring (bicyclic) bond motifs is 2. The van der Waals surface area contributed by atoms with Gasteiger partial charge in [0.05, 0.1) is 31.5 Å². The Bertz CT molecular complexity index is 554. The minimum absolute atomic E-state index is 0.0511. The van der Waals surface area contributed by atoms with Gasteiger partial charge in [0.2, 0.25) is 0 Å². The van der Waals surface area contributed by atoms with E-state index < -0.39 is 5.60 Å². The molecule has 1 amide bonds. The van der Waals surface area contributed by atoms with Gasteiger partial charge in [-0.3, -0.25) is 0 Å².